The summed E-state index contributed by atoms with van der Waals surface area (Å²) in [4.78, 5) is 10.8. The van der Waals surface area contributed by atoms with E-state index < -0.39 is 23.4 Å². The number of carboxylic acid groups (broad SMARTS) is 1. The molecule has 2 aromatic carbocycles. The van der Waals surface area contributed by atoms with Crippen molar-refractivity contribution in [1.29, 1.82) is 0 Å². The molecule has 0 saturated heterocycles. The van der Waals surface area contributed by atoms with Crippen LogP contribution in [0.5, 0.6) is 0 Å². The first kappa shape index (κ1) is 13.9. The summed E-state index contributed by atoms with van der Waals surface area (Å²) in [5, 5.41) is 11.5. The Bertz CT molecular complexity index is 639. The number of benzene rings is 2. The summed E-state index contributed by atoms with van der Waals surface area (Å²) >= 11 is 0. The lowest BCUT2D eigenvalue weighted by Crippen LogP contribution is -2.05. The average Bonchev–Trinajstić information content (AvgIpc) is 2.36. The molecule has 0 spiro atoms. The van der Waals surface area contributed by atoms with E-state index in [0.29, 0.717) is 0 Å². The minimum Gasteiger partial charge on any atom is -0.478 e. The molecule has 0 aromatic heterocycles. The van der Waals surface area contributed by atoms with Crippen LogP contribution in [0.15, 0.2) is 36.4 Å². The van der Waals surface area contributed by atoms with E-state index in [-0.39, 0.29) is 23.4 Å². The Morgan fingerprint density at radius 3 is 2.30 bits per heavy atom. The molecule has 0 aliphatic heterocycles. The Morgan fingerprint density at radius 2 is 1.70 bits per heavy atom. The van der Waals surface area contributed by atoms with Crippen LogP contribution in [0.1, 0.15) is 15.9 Å². The van der Waals surface area contributed by atoms with Gasteiger partial charge in [0.15, 0.2) is 0 Å². The highest BCUT2D eigenvalue weighted by atomic mass is 19.1. The topological polar surface area (TPSA) is 49.3 Å². The van der Waals surface area contributed by atoms with E-state index in [1.54, 1.807) is 0 Å². The molecule has 2 N–H and O–H groups in total. The minimum absolute atomic E-state index is 0.0615. The first-order chi connectivity index (χ1) is 9.45. The van der Waals surface area contributed by atoms with Gasteiger partial charge in [0.05, 0.1) is 5.56 Å². The Hall–Kier alpha value is -2.50. The van der Waals surface area contributed by atoms with Crippen LogP contribution in [0.3, 0.4) is 0 Å². The highest BCUT2D eigenvalue weighted by Crippen LogP contribution is 2.16. The second kappa shape index (κ2) is 5.64. The summed E-state index contributed by atoms with van der Waals surface area (Å²) < 4.78 is 39.5. The number of rotatable bonds is 4. The van der Waals surface area contributed by atoms with Crippen LogP contribution in [0.2, 0.25) is 0 Å². The number of hydrogen-bond acceptors (Lipinski definition) is 2. The highest BCUT2D eigenvalue weighted by molar-refractivity contribution is 5.87. The molecule has 0 unspecified atom stereocenters. The molecule has 0 atom stereocenters. The van der Waals surface area contributed by atoms with Gasteiger partial charge in [-0.05, 0) is 30.3 Å². The smallest absolute Gasteiger partial charge is 0.335 e. The molecule has 6 heteroatoms. The molecule has 0 bridgehead atoms. The second-order valence-electron chi connectivity index (χ2n) is 4.12. The second-order valence-corrected chi connectivity index (χ2v) is 4.12. The number of hydrogen-bond donors (Lipinski definition) is 2. The first-order valence-electron chi connectivity index (χ1n) is 5.67. The molecule has 3 nitrogen and oxygen atoms in total. The third-order valence-electron chi connectivity index (χ3n) is 2.64. The largest absolute Gasteiger partial charge is 0.478 e. The van der Waals surface area contributed by atoms with Crippen molar-refractivity contribution >= 4 is 11.7 Å². The van der Waals surface area contributed by atoms with Crippen molar-refractivity contribution in [3.63, 3.8) is 0 Å². The molecule has 20 heavy (non-hydrogen) atoms. The van der Waals surface area contributed by atoms with Crippen LogP contribution < -0.4 is 5.32 Å². The van der Waals surface area contributed by atoms with Crippen molar-refractivity contribution in [3.05, 3.63) is 65.0 Å². The summed E-state index contributed by atoms with van der Waals surface area (Å²) in [6, 6.07) is 6.18. The summed E-state index contributed by atoms with van der Waals surface area (Å²) in [7, 11) is 0. The number of aromatic carboxylic acids is 1. The average molecular weight is 281 g/mol. The van der Waals surface area contributed by atoms with Gasteiger partial charge in [-0.1, -0.05) is 0 Å². The van der Waals surface area contributed by atoms with Gasteiger partial charge in [0.1, 0.15) is 17.5 Å². The molecule has 104 valence electrons. The fourth-order valence-electron chi connectivity index (χ4n) is 1.70. The van der Waals surface area contributed by atoms with Gasteiger partial charge in [-0.3, -0.25) is 0 Å². The van der Waals surface area contributed by atoms with Gasteiger partial charge < -0.3 is 10.4 Å². The summed E-state index contributed by atoms with van der Waals surface area (Å²) in [6.07, 6.45) is 0. The van der Waals surface area contributed by atoms with E-state index in [0.717, 1.165) is 30.3 Å². The predicted molar refractivity (Wildman–Crippen MR) is 67.0 cm³/mol. The van der Waals surface area contributed by atoms with E-state index in [2.05, 4.69) is 5.32 Å². The molecule has 0 fully saturated rings. The van der Waals surface area contributed by atoms with Crippen molar-refractivity contribution in [2.45, 2.75) is 6.54 Å². The molecule has 0 aliphatic carbocycles. The van der Waals surface area contributed by atoms with Crippen molar-refractivity contribution in [2.75, 3.05) is 5.32 Å². The van der Waals surface area contributed by atoms with E-state index in [4.69, 9.17) is 5.11 Å². The SMILES string of the molecule is O=C(O)c1ccc(F)c(CNc2cc(F)cc(F)c2)c1. The lowest BCUT2D eigenvalue weighted by molar-refractivity contribution is 0.0696. The summed E-state index contributed by atoms with van der Waals surface area (Å²) in [5.41, 5.74) is 0.172. The fourth-order valence-corrected chi connectivity index (χ4v) is 1.70. The number of halogens is 3. The van der Waals surface area contributed by atoms with Gasteiger partial charge in [-0.25, -0.2) is 18.0 Å². The van der Waals surface area contributed by atoms with Crippen molar-refractivity contribution < 1.29 is 23.1 Å². The van der Waals surface area contributed by atoms with Gasteiger partial charge in [0.2, 0.25) is 0 Å². The Kier molecular flexibility index (Phi) is 3.93. The van der Waals surface area contributed by atoms with E-state index >= 15 is 0 Å². The molecule has 2 aromatic rings. The van der Waals surface area contributed by atoms with Crippen LogP contribution >= 0.6 is 0 Å². The maximum Gasteiger partial charge on any atom is 0.335 e. The van der Waals surface area contributed by atoms with E-state index in [1.807, 2.05) is 0 Å². The maximum absolute atomic E-state index is 13.5. The van der Waals surface area contributed by atoms with Crippen molar-refractivity contribution in [2.24, 2.45) is 0 Å². The van der Waals surface area contributed by atoms with Gasteiger partial charge >= 0.3 is 5.97 Å². The number of carbonyl (C=O) groups is 1. The minimum atomic E-state index is -1.18. The quantitative estimate of drug-likeness (QED) is 0.902. The zero-order valence-electron chi connectivity index (χ0n) is 10.2. The zero-order chi connectivity index (χ0) is 14.7. The lowest BCUT2D eigenvalue weighted by atomic mass is 10.1. The Morgan fingerprint density at radius 1 is 1.05 bits per heavy atom. The van der Waals surface area contributed by atoms with Crippen LogP contribution in [0.4, 0.5) is 18.9 Å². The molecular weight excluding hydrogens is 271 g/mol. The van der Waals surface area contributed by atoms with Crippen molar-refractivity contribution in [3.8, 4) is 0 Å². The highest BCUT2D eigenvalue weighted by Gasteiger charge is 2.09. The normalized spacial score (nSPS) is 10.3. The molecule has 0 saturated carbocycles. The van der Waals surface area contributed by atoms with Gasteiger partial charge in [-0.15, -0.1) is 0 Å². The van der Waals surface area contributed by atoms with Crippen LogP contribution in [0, 0.1) is 17.5 Å². The predicted octanol–water partition coefficient (Wildman–Crippen LogP) is 3.41. The Labute approximate surface area is 112 Å². The first-order valence-corrected chi connectivity index (χ1v) is 5.67. The zero-order valence-corrected chi connectivity index (χ0v) is 10.2. The summed E-state index contributed by atoms with van der Waals surface area (Å²) in [5.74, 6) is -3.29. The molecule has 0 radical (unpaired) electrons. The van der Waals surface area contributed by atoms with Gasteiger partial charge in [0, 0.05) is 23.9 Å². The van der Waals surface area contributed by atoms with Gasteiger partial charge in [-0.2, -0.15) is 0 Å². The Balaban J connectivity index is 2.18. The molecule has 2 rings (SSSR count). The lowest BCUT2D eigenvalue weighted by Gasteiger charge is -2.08. The maximum atomic E-state index is 13.5. The standard InChI is InChI=1S/C14H10F3NO2/c15-10-4-11(16)6-12(5-10)18-7-9-3-8(14(19)20)1-2-13(9)17/h1-6,18H,7H2,(H,19,20). The number of carboxylic acids is 1. The van der Waals surface area contributed by atoms with Gasteiger partial charge in [0.25, 0.3) is 0 Å². The van der Waals surface area contributed by atoms with Crippen LogP contribution in [0.25, 0.3) is 0 Å². The third kappa shape index (κ3) is 3.28. The molecule has 0 heterocycles. The van der Waals surface area contributed by atoms with Crippen LogP contribution in [-0.2, 0) is 6.54 Å². The van der Waals surface area contributed by atoms with E-state index in [9.17, 15) is 18.0 Å². The van der Waals surface area contributed by atoms with Crippen molar-refractivity contribution in [1.82, 2.24) is 0 Å². The monoisotopic (exact) mass is 281 g/mol. The molecule has 0 amide bonds. The van der Waals surface area contributed by atoms with Crippen LogP contribution in [-0.4, -0.2) is 11.1 Å². The summed E-state index contributed by atoms with van der Waals surface area (Å²) in [6.45, 7) is -0.0875. The number of anilines is 1. The fraction of sp³-hybridized carbons (Fsp3) is 0.0714. The third-order valence-corrected chi connectivity index (χ3v) is 2.64. The molecule has 0 aliphatic rings. The van der Waals surface area contributed by atoms with E-state index in [1.165, 1.54) is 6.07 Å². The number of nitrogens with one attached hydrogen (secondary N) is 1. The molecular formula is C14H10F3NO2.